The first kappa shape index (κ1) is 37.4. The molecule has 4 aromatic carbocycles. The van der Waals surface area contributed by atoms with E-state index in [1.54, 1.807) is 0 Å². The fourth-order valence-corrected chi connectivity index (χ4v) is 11.8. The minimum Gasteiger partial charge on any atom is -0.748 e. The minimum absolute atomic E-state index is 0. The van der Waals surface area contributed by atoms with Gasteiger partial charge in [0.15, 0.2) is 0 Å². The zero-order valence-electron chi connectivity index (χ0n) is 29.4. The molecule has 0 N–H and O–H groups in total. The van der Waals surface area contributed by atoms with E-state index in [0.29, 0.717) is 0 Å². The SMILES string of the molecule is CC(C)(C)P(C[c-]1cc([Si](C)(C)C)cc1C(P)(c1ccc2ccccc2n1)c1ccc2ccccc2n1)C(C)(C)C.[Fe].[cH-]1[cH-][cH-][cH-][cH-]1. The third-order valence-electron chi connectivity index (χ3n) is 8.77. The monoisotopic (exact) mass is 716 g/mol. The summed E-state index contributed by atoms with van der Waals surface area (Å²) in [6, 6.07) is 40.8. The molecule has 0 fully saturated rings. The number of benzene rings is 2. The van der Waals surface area contributed by atoms with Gasteiger partial charge in [0.1, 0.15) is 0 Å². The Bertz CT molecular complexity index is 1800. The molecule has 1 atom stereocenters. The van der Waals surface area contributed by atoms with E-state index in [1.807, 2.05) is 30.3 Å². The van der Waals surface area contributed by atoms with E-state index in [4.69, 9.17) is 9.97 Å². The Morgan fingerprint density at radius 3 is 1.51 bits per heavy atom. The van der Waals surface area contributed by atoms with Gasteiger partial charge < -0.3 is 30.3 Å². The number of fused-ring (bicyclic) bond motifs is 2. The van der Waals surface area contributed by atoms with Gasteiger partial charge >= 0.3 is 0 Å². The van der Waals surface area contributed by atoms with E-state index in [9.17, 15) is 0 Å². The van der Waals surface area contributed by atoms with Crippen molar-refractivity contribution in [3.63, 3.8) is 0 Å². The van der Waals surface area contributed by atoms with Crippen LogP contribution in [0.15, 0.2) is 115 Å². The molecule has 0 bridgehead atoms. The van der Waals surface area contributed by atoms with E-state index in [0.717, 1.165) is 39.4 Å². The third-order valence-corrected chi connectivity index (χ3v) is 15.6. The predicted molar refractivity (Wildman–Crippen MR) is 210 cm³/mol. The topological polar surface area (TPSA) is 25.8 Å². The van der Waals surface area contributed by atoms with E-state index in [1.165, 1.54) is 16.3 Å². The Balaban J connectivity index is 0.000000762. The van der Waals surface area contributed by atoms with Gasteiger partial charge in [0.05, 0.1) is 27.6 Å². The summed E-state index contributed by atoms with van der Waals surface area (Å²) in [5, 5.41) is 3.70. The molecule has 6 rings (SSSR count). The molecule has 0 aliphatic carbocycles. The molecular formula is C41H50FeN2P2Si-6. The largest absolute Gasteiger partial charge is 0.748 e. The molecule has 0 amide bonds. The number of aromatic nitrogens is 2. The number of pyridine rings is 2. The normalized spacial score (nSPS) is 12.6. The van der Waals surface area contributed by atoms with Crippen LogP contribution in [0.25, 0.3) is 21.8 Å². The first-order valence-electron chi connectivity index (χ1n) is 16.3. The van der Waals surface area contributed by atoms with Crippen molar-refractivity contribution in [1.29, 1.82) is 0 Å². The maximum atomic E-state index is 5.33. The summed E-state index contributed by atoms with van der Waals surface area (Å²) in [5.74, 6) is 0. The Kier molecular flexibility index (Phi) is 11.6. The van der Waals surface area contributed by atoms with Crippen LogP contribution < -0.4 is 5.19 Å². The molecule has 6 aromatic rings. The molecule has 2 aromatic heterocycles. The molecule has 0 aliphatic heterocycles. The molecule has 0 aliphatic rings. The van der Waals surface area contributed by atoms with Gasteiger partial charge in [-0.2, -0.15) is 6.07 Å². The van der Waals surface area contributed by atoms with Crippen LogP contribution in [0, 0.1) is 0 Å². The fraction of sp³-hybridized carbons (Fsp3) is 0.317. The van der Waals surface area contributed by atoms with Crippen LogP contribution in [0.2, 0.25) is 19.6 Å². The fourth-order valence-electron chi connectivity index (χ4n) is 6.44. The van der Waals surface area contributed by atoms with Crippen molar-refractivity contribution in [3.05, 3.63) is 138 Å². The van der Waals surface area contributed by atoms with E-state index in [2.05, 4.69) is 155 Å². The Morgan fingerprint density at radius 2 is 1.11 bits per heavy atom. The van der Waals surface area contributed by atoms with Gasteiger partial charge in [-0.3, -0.25) is 9.97 Å². The van der Waals surface area contributed by atoms with Gasteiger partial charge in [0, 0.05) is 35.9 Å². The van der Waals surface area contributed by atoms with E-state index < -0.39 is 13.2 Å². The van der Waals surface area contributed by atoms with Gasteiger partial charge in [-0.15, -0.1) is 28.3 Å². The van der Waals surface area contributed by atoms with Gasteiger partial charge in [-0.05, 0) is 34.6 Å². The molecule has 0 saturated heterocycles. The smallest absolute Gasteiger partial charge is 0.0710 e. The maximum absolute atomic E-state index is 5.33. The Labute approximate surface area is 298 Å². The average molecular weight is 717 g/mol. The van der Waals surface area contributed by atoms with Crippen molar-refractivity contribution in [2.24, 2.45) is 0 Å². The molecule has 0 saturated carbocycles. The molecule has 1 unspecified atom stereocenters. The van der Waals surface area contributed by atoms with Gasteiger partial charge in [0.25, 0.3) is 0 Å². The van der Waals surface area contributed by atoms with E-state index in [-0.39, 0.29) is 35.3 Å². The zero-order chi connectivity index (χ0) is 33.3. The third kappa shape index (κ3) is 8.41. The summed E-state index contributed by atoms with van der Waals surface area (Å²) >= 11 is 0. The Morgan fingerprint density at radius 1 is 0.681 bits per heavy atom. The first-order valence-corrected chi connectivity index (χ1v) is 22.0. The summed E-state index contributed by atoms with van der Waals surface area (Å²) in [5.41, 5.74) is 6.87. The van der Waals surface area contributed by atoms with E-state index >= 15 is 0 Å². The average Bonchev–Trinajstić information content (AvgIpc) is 3.72. The second-order valence-corrected chi connectivity index (χ2v) is 25.2. The minimum atomic E-state index is -1.60. The molecule has 0 spiro atoms. The van der Waals surface area contributed by atoms with Gasteiger partial charge in [-0.1, -0.05) is 116 Å². The predicted octanol–water partition coefficient (Wildman–Crippen LogP) is 11.2. The van der Waals surface area contributed by atoms with Crippen LogP contribution in [0.1, 0.15) is 64.1 Å². The van der Waals surface area contributed by atoms with Crippen molar-refractivity contribution in [1.82, 2.24) is 9.97 Å². The molecular weight excluding hydrogens is 666 g/mol. The van der Waals surface area contributed by atoms with Gasteiger partial charge in [0.2, 0.25) is 0 Å². The van der Waals surface area contributed by atoms with Crippen molar-refractivity contribution < 1.29 is 17.1 Å². The number of hydrogen-bond donors (Lipinski definition) is 0. The second kappa shape index (κ2) is 14.6. The van der Waals surface area contributed by atoms with Crippen molar-refractivity contribution in [3.8, 4) is 0 Å². The quantitative estimate of drug-likeness (QED) is 0.0974. The van der Waals surface area contributed by atoms with Crippen molar-refractivity contribution in [2.75, 3.05) is 0 Å². The van der Waals surface area contributed by atoms with Crippen LogP contribution >= 0.6 is 17.2 Å². The molecule has 252 valence electrons. The molecule has 2 heterocycles. The number of hydrogen-bond acceptors (Lipinski definition) is 2. The van der Waals surface area contributed by atoms with Crippen LogP contribution in [-0.4, -0.2) is 28.4 Å². The standard InChI is InChI=1S/C36H45N2P2Si.C5H5.Fe/c1-34(2,3)40(35(4,5)6)24-27-22-28(41(7,8)9)23-29(27)36(39,32-20-18-25-14-10-12-16-30(25)37-32)33-21-19-26-15-11-13-17-31(26)38-33;1-2-4-5-3-1;/h10-23H,24,39H2,1-9H3;1-5H;/q-1;-5;. The molecule has 0 radical (unpaired) electrons. The summed E-state index contributed by atoms with van der Waals surface area (Å²) in [6.07, 6.45) is 1.08. The van der Waals surface area contributed by atoms with Crippen LogP contribution in [0.4, 0.5) is 0 Å². The Hall–Kier alpha value is -2.44. The van der Waals surface area contributed by atoms with Crippen LogP contribution in [-0.2, 0) is 28.4 Å². The number of para-hydroxylation sites is 2. The van der Waals surface area contributed by atoms with Crippen molar-refractivity contribution in [2.45, 2.75) is 82.8 Å². The number of nitrogens with zero attached hydrogens (tertiary/aromatic N) is 2. The summed E-state index contributed by atoms with van der Waals surface area (Å²) in [7, 11) is 1.34. The molecule has 47 heavy (non-hydrogen) atoms. The first-order chi connectivity index (χ1) is 21.6. The summed E-state index contributed by atoms with van der Waals surface area (Å²) < 4.78 is 0. The molecule has 6 heteroatoms. The van der Waals surface area contributed by atoms with Crippen LogP contribution in [0.5, 0.6) is 0 Å². The van der Waals surface area contributed by atoms with Crippen LogP contribution in [0.3, 0.4) is 0 Å². The van der Waals surface area contributed by atoms with Crippen molar-refractivity contribution >= 4 is 52.2 Å². The number of rotatable bonds is 6. The summed E-state index contributed by atoms with van der Waals surface area (Å²) in [4.78, 5) is 10.7. The summed E-state index contributed by atoms with van der Waals surface area (Å²) in [6.45, 7) is 21.9. The van der Waals surface area contributed by atoms with Gasteiger partial charge in [-0.25, -0.2) is 11.3 Å². The molecule has 2 nitrogen and oxygen atoms in total. The second-order valence-electron chi connectivity index (χ2n) is 15.4. The zero-order valence-corrected chi connectivity index (χ0v) is 33.6. The maximum Gasteiger partial charge on any atom is 0.0710 e.